The van der Waals surface area contributed by atoms with Gasteiger partial charge in [0, 0.05) is 68.7 Å². The number of rotatable bonds is 7. The molecule has 3 aromatic carbocycles. The first kappa shape index (κ1) is 31.1. The van der Waals surface area contributed by atoms with Crippen molar-refractivity contribution in [3.8, 4) is 6.07 Å². The molecule has 0 aliphatic carbocycles. The van der Waals surface area contributed by atoms with E-state index in [0.717, 1.165) is 49.8 Å². The van der Waals surface area contributed by atoms with E-state index in [1.54, 1.807) is 29.2 Å². The number of carbonyl (C=O) groups is 2. The van der Waals surface area contributed by atoms with Gasteiger partial charge in [0.05, 0.1) is 17.2 Å². The molecule has 7 nitrogen and oxygen atoms in total. The summed E-state index contributed by atoms with van der Waals surface area (Å²) in [5.74, 6) is -0.291. The van der Waals surface area contributed by atoms with Gasteiger partial charge in [0.25, 0.3) is 11.8 Å². The van der Waals surface area contributed by atoms with Gasteiger partial charge in [0.15, 0.2) is 0 Å². The standard InChI is InChI=1S/C34H36F3N5O2/c1-2-26-21-29(34(35,36)37)11-12-31(26)41-17-19-42(20-18-41)33(44)28-9-7-27(8-10-28)32(43)39-30-13-15-40(16-14-30)23-25-5-3-24(22-38)4-6-25/h3-12,21,30H,2,13-20,23H2,1H3,(H,39,43). The summed E-state index contributed by atoms with van der Waals surface area (Å²) in [7, 11) is 0. The second-order valence-electron chi connectivity index (χ2n) is 11.4. The average Bonchev–Trinajstić information content (AvgIpc) is 3.05. The number of likely N-dealkylation sites (tertiary alicyclic amines) is 1. The van der Waals surface area contributed by atoms with Crippen molar-refractivity contribution >= 4 is 17.5 Å². The highest BCUT2D eigenvalue weighted by atomic mass is 19.4. The fourth-order valence-corrected chi connectivity index (χ4v) is 5.90. The van der Waals surface area contributed by atoms with E-state index in [0.29, 0.717) is 54.9 Å². The van der Waals surface area contributed by atoms with E-state index in [2.05, 4.69) is 16.3 Å². The lowest BCUT2D eigenvalue weighted by molar-refractivity contribution is -0.137. The van der Waals surface area contributed by atoms with Crippen LogP contribution in [-0.2, 0) is 19.1 Å². The largest absolute Gasteiger partial charge is 0.416 e. The molecule has 3 aromatic rings. The Kier molecular flexibility index (Phi) is 9.55. The van der Waals surface area contributed by atoms with Crippen LogP contribution in [0.3, 0.4) is 0 Å². The number of nitrogens with one attached hydrogen (secondary N) is 1. The second kappa shape index (κ2) is 13.5. The van der Waals surface area contributed by atoms with Crippen molar-refractivity contribution in [2.75, 3.05) is 44.2 Å². The highest BCUT2D eigenvalue weighted by Crippen LogP contribution is 2.33. The molecule has 0 spiro atoms. The van der Waals surface area contributed by atoms with Gasteiger partial charge < -0.3 is 15.1 Å². The van der Waals surface area contributed by atoms with Gasteiger partial charge in [-0.15, -0.1) is 0 Å². The number of nitriles is 1. The average molecular weight is 604 g/mol. The Morgan fingerprint density at radius 3 is 2.11 bits per heavy atom. The summed E-state index contributed by atoms with van der Waals surface area (Å²) in [5.41, 5.74) is 3.58. The molecule has 0 radical (unpaired) electrons. The zero-order chi connectivity index (χ0) is 31.3. The quantitative estimate of drug-likeness (QED) is 0.386. The Balaban J connectivity index is 1.09. The Morgan fingerprint density at radius 2 is 1.52 bits per heavy atom. The minimum atomic E-state index is -4.38. The van der Waals surface area contributed by atoms with E-state index in [9.17, 15) is 22.8 Å². The molecule has 2 heterocycles. The van der Waals surface area contributed by atoms with E-state index in [1.165, 1.54) is 12.1 Å². The Hall–Kier alpha value is -4.36. The summed E-state index contributed by atoms with van der Waals surface area (Å²) < 4.78 is 39.5. The van der Waals surface area contributed by atoms with E-state index in [4.69, 9.17) is 5.26 Å². The first-order chi connectivity index (χ1) is 21.1. The third kappa shape index (κ3) is 7.40. The number of amides is 2. The summed E-state index contributed by atoms with van der Waals surface area (Å²) in [4.78, 5) is 32.2. The lowest BCUT2D eigenvalue weighted by Crippen LogP contribution is -2.49. The van der Waals surface area contributed by atoms with Crippen molar-refractivity contribution in [3.05, 3.63) is 100 Å². The molecule has 44 heavy (non-hydrogen) atoms. The minimum Gasteiger partial charge on any atom is -0.368 e. The Morgan fingerprint density at radius 1 is 0.886 bits per heavy atom. The number of alkyl halides is 3. The molecule has 10 heteroatoms. The fourth-order valence-electron chi connectivity index (χ4n) is 5.90. The highest BCUT2D eigenvalue weighted by Gasteiger charge is 2.32. The van der Waals surface area contributed by atoms with Gasteiger partial charge in [-0.2, -0.15) is 18.4 Å². The maximum atomic E-state index is 13.2. The lowest BCUT2D eigenvalue weighted by Gasteiger charge is -2.37. The number of benzene rings is 3. The maximum Gasteiger partial charge on any atom is 0.416 e. The zero-order valence-corrected chi connectivity index (χ0v) is 24.7. The zero-order valence-electron chi connectivity index (χ0n) is 24.7. The van der Waals surface area contributed by atoms with Gasteiger partial charge in [-0.1, -0.05) is 19.1 Å². The van der Waals surface area contributed by atoms with Crippen LogP contribution in [-0.4, -0.2) is 66.9 Å². The van der Waals surface area contributed by atoms with Crippen LogP contribution >= 0.6 is 0 Å². The third-order valence-corrected chi connectivity index (χ3v) is 8.50. The number of piperidine rings is 1. The number of piperazine rings is 1. The van der Waals surface area contributed by atoms with Gasteiger partial charge in [0.1, 0.15) is 0 Å². The minimum absolute atomic E-state index is 0.0789. The number of anilines is 1. The van der Waals surface area contributed by atoms with E-state index in [-0.39, 0.29) is 17.9 Å². The SMILES string of the molecule is CCc1cc(C(F)(F)F)ccc1N1CCN(C(=O)c2ccc(C(=O)NC3CCN(Cc4ccc(C#N)cc4)CC3)cc2)CC1. The van der Waals surface area contributed by atoms with Gasteiger partial charge >= 0.3 is 6.18 Å². The summed E-state index contributed by atoms with van der Waals surface area (Å²) in [5, 5.41) is 12.1. The van der Waals surface area contributed by atoms with Crippen LogP contribution in [0.4, 0.5) is 18.9 Å². The Bertz CT molecular complexity index is 1500. The molecule has 2 fully saturated rings. The van der Waals surface area contributed by atoms with Crippen LogP contribution in [0.15, 0.2) is 66.7 Å². The molecular weight excluding hydrogens is 567 g/mol. The number of nitrogens with zero attached hydrogens (tertiary/aromatic N) is 4. The first-order valence-electron chi connectivity index (χ1n) is 15.0. The molecule has 2 aliphatic rings. The van der Waals surface area contributed by atoms with Crippen LogP contribution in [0.25, 0.3) is 0 Å². The third-order valence-electron chi connectivity index (χ3n) is 8.50. The van der Waals surface area contributed by atoms with Crippen LogP contribution in [0.2, 0.25) is 0 Å². The predicted molar refractivity (Wildman–Crippen MR) is 162 cm³/mol. The van der Waals surface area contributed by atoms with E-state index < -0.39 is 11.7 Å². The molecule has 0 unspecified atom stereocenters. The molecule has 0 bridgehead atoms. The molecule has 0 saturated carbocycles. The smallest absolute Gasteiger partial charge is 0.368 e. The molecule has 2 saturated heterocycles. The number of hydrogen-bond donors (Lipinski definition) is 1. The van der Waals surface area contributed by atoms with Crippen LogP contribution < -0.4 is 10.2 Å². The molecule has 1 N–H and O–H groups in total. The van der Waals surface area contributed by atoms with Crippen molar-refractivity contribution in [3.63, 3.8) is 0 Å². The summed E-state index contributed by atoms with van der Waals surface area (Å²) in [6, 6.07) is 20.4. The van der Waals surface area contributed by atoms with Crippen LogP contribution in [0.5, 0.6) is 0 Å². The molecule has 2 aliphatic heterocycles. The van der Waals surface area contributed by atoms with E-state index >= 15 is 0 Å². The summed E-state index contributed by atoms with van der Waals surface area (Å²) in [6.07, 6.45) is -2.21. The molecule has 0 aromatic heterocycles. The first-order valence-corrected chi connectivity index (χ1v) is 15.0. The van der Waals surface area contributed by atoms with E-state index in [1.807, 2.05) is 36.1 Å². The number of hydrogen-bond acceptors (Lipinski definition) is 5. The molecule has 5 rings (SSSR count). The maximum absolute atomic E-state index is 13.2. The Labute approximate surface area is 255 Å². The van der Waals surface area contributed by atoms with Crippen LogP contribution in [0, 0.1) is 11.3 Å². The van der Waals surface area contributed by atoms with Crippen LogP contribution in [0.1, 0.15) is 62.7 Å². The second-order valence-corrected chi connectivity index (χ2v) is 11.4. The summed E-state index contributed by atoms with van der Waals surface area (Å²) >= 11 is 0. The van der Waals surface area contributed by atoms with Gasteiger partial charge in [-0.3, -0.25) is 14.5 Å². The monoisotopic (exact) mass is 603 g/mol. The van der Waals surface area contributed by atoms with Crippen molar-refractivity contribution in [1.82, 2.24) is 15.1 Å². The van der Waals surface area contributed by atoms with Crippen molar-refractivity contribution in [1.29, 1.82) is 5.26 Å². The predicted octanol–water partition coefficient (Wildman–Crippen LogP) is 5.50. The van der Waals surface area contributed by atoms with Gasteiger partial charge in [-0.25, -0.2) is 0 Å². The number of aryl methyl sites for hydroxylation is 1. The number of carbonyl (C=O) groups excluding carboxylic acids is 2. The normalized spacial score (nSPS) is 16.4. The molecule has 0 atom stereocenters. The lowest BCUT2D eigenvalue weighted by atomic mass is 10.0. The molecule has 230 valence electrons. The molecule has 2 amide bonds. The summed E-state index contributed by atoms with van der Waals surface area (Å²) in [6.45, 7) is 6.34. The van der Waals surface area contributed by atoms with Crippen molar-refractivity contribution < 1.29 is 22.8 Å². The van der Waals surface area contributed by atoms with Gasteiger partial charge in [0.2, 0.25) is 0 Å². The van der Waals surface area contributed by atoms with Crippen molar-refractivity contribution in [2.45, 2.75) is 44.9 Å². The number of halogens is 3. The topological polar surface area (TPSA) is 79.7 Å². The fraction of sp³-hybridized carbons (Fsp3) is 0.382. The molecular formula is C34H36F3N5O2. The highest BCUT2D eigenvalue weighted by molar-refractivity contribution is 5.98. The van der Waals surface area contributed by atoms with Crippen molar-refractivity contribution in [2.24, 2.45) is 0 Å². The van der Waals surface area contributed by atoms with Gasteiger partial charge in [-0.05, 0) is 85.0 Å².